The summed E-state index contributed by atoms with van der Waals surface area (Å²) in [5.41, 5.74) is 6.44. The van der Waals surface area contributed by atoms with Crippen molar-refractivity contribution in [2.75, 3.05) is 39.3 Å². The number of aliphatic carboxylic acids is 1. The summed E-state index contributed by atoms with van der Waals surface area (Å²) < 4.78 is 36.8. The molecule has 2 heterocycles. The van der Waals surface area contributed by atoms with Crippen molar-refractivity contribution in [2.45, 2.75) is 77.4 Å². The number of primary amides is 1. The van der Waals surface area contributed by atoms with Crippen molar-refractivity contribution in [1.29, 1.82) is 0 Å². The molecule has 80 heavy (non-hydrogen) atoms. The van der Waals surface area contributed by atoms with Gasteiger partial charge in [-0.15, -0.1) is 0 Å². The van der Waals surface area contributed by atoms with Crippen LogP contribution in [0.1, 0.15) is 62.9 Å². The number of hydrogen-bond acceptors (Lipinski definition) is 13. The zero-order valence-electron chi connectivity index (χ0n) is 43.9. The van der Waals surface area contributed by atoms with Crippen LogP contribution in [0.5, 0.6) is 0 Å². The monoisotopic (exact) mass is 1110 g/mol. The second kappa shape index (κ2) is 28.9. The minimum absolute atomic E-state index is 0.0977. The van der Waals surface area contributed by atoms with E-state index >= 15 is 4.39 Å². The Hall–Kier alpha value is -9.33. The normalized spacial score (nSPS) is 13.5. The summed E-state index contributed by atoms with van der Waals surface area (Å²) in [4.78, 5) is 144. The van der Waals surface area contributed by atoms with Crippen LogP contribution in [0, 0.1) is 17.0 Å². The molecule has 1 aliphatic heterocycles. The Morgan fingerprint density at radius 2 is 1.32 bits per heavy atom. The predicted octanol–water partition coefficient (Wildman–Crippen LogP) is 0.668. The van der Waals surface area contributed by atoms with E-state index in [0.29, 0.717) is 16.2 Å². The fraction of sp³-hybridized carbons (Fsp3) is 0.352. The van der Waals surface area contributed by atoms with E-state index in [9.17, 15) is 67.3 Å². The van der Waals surface area contributed by atoms with Crippen molar-refractivity contribution < 1.29 is 76.5 Å². The molecule has 1 aromatic heterocycles. The van der Waals surface area contributed by atoms with Gasteiger partial charge in [-0.2, -0.15) is 0 Å². The summed E-state index contributed by atoms with van der Waals surface area (Å²) in [6.45, 7) is 1.71. The Balaban J connectivity index is 1.42. The maximum absolute atomic E-state index is 15.4. The third kappa shape index (κ3) is 18.4. The quantitative estimate of drug-likeness (QED) is 0.0279. The zero-order valence-corrected chi connectivity index (χ0v) is 43.9. The number of carbonyl (C=O) groups is 11. The van der Waals surface area contributed by atoms with Gasteiger partial charge < -0.3 is 62.1 Å². The number of rotatable bonds is 28. The number of nitrogens with two attached hydrogens (primary N) is 1. The van der Waals surface area contributed by atoms with E-state index < -0.39 is 152 Å². The van der Waals surface area contributed by atoms with Crippen LogP contribution in [0.2, 0.25) is 0 Å². The highest BCUT2D eigenvalue weighted by Gasteiger charge is 2.39. The molecular formula is C54H62F2N10O14. The minimum Gasteiger partial charge on any atom is -0.481 e. The number of aliphatic hydroxyl groups excluding tert-OH is 1. The number of carboxylic acid groups (broad SMARTS) is 1. The minimum atomic E-state index is -1.96. The van der Waals surface area contributed by atoms with Crippen molar-refractivity contribution in [2.24, 2.45) is 11.1 Å². The number of carboxylic acids is 1. The van der Waals surface area contributed by atoms with E-state index in [0.717, 1.165) is 35.9 Å². The molecule has 3 unspecified atom stereocenters. The SMILES string of the molecule is CC(C)(C)C(c1cc(-c2cc(F)ccc2F)cn1Cc1ccccc1)N(CCC(NC(=O)C(CC(N)=O)NC(=O)[C@@H](CC(=O)O)NC(=O)CNC(=O)OCc1ccccc1)C(=O)NCCNC(=O)CN1C(=O)C=CC1=O)C(=O)CO. The number of nitrogens with zero attached hydrogens (tertiary/aromatic N) is 3. The van der Waals surface area contributed by atoms with Gasteiger partial charge in [0.15, 0.2) is 0 Å². The van der Waals surface area contributed by atoms with Crippen molar-refractivity contribution in [3.63, 3.8) is 0 Å². The van der Waals surface area contributed by atoms with Gasteiger partial charge in [-0.3, -0.25) is 52.8 Å². The molecule has 0 saturated carbocycles. The molecule has 1 aliphatic rings. The third-order valence-corrected chi connectivity index (χ3v) is 12.1. The number of alkyl carbamates (subject to hydrolysis) is 1. The molecule has 0 bridgehead atoms. The van der Waals surface area contributed by atoms with Gasteiger partial charge in [-0.1, -0.05) is 81.4 Å². The summed E-state index contributed by atoms with van der Waals surface area (Å²) >= 11 is 0. The lowest BCUT2D eigenvalue weighted by atomic mass is 9.82. The first-order valence-electron chi connectivity index (χ1n) is 25.0. The molecule has 24 nitrogen and oxygen atoms in total. The molecule has 4 aromatic rings. The summed E-state index contributed by atoms with van der Waals surface area (Å²) in [5.74, 6) is -11.9. The van der Waals surface area contributed by atoms with Gasteiger partial charge in [0.1, 0.15) is 56.1 Å². The molecule has 10 N–H and O–H groups in total. The Bertz CT molecular complexity index is 2950. The fourth-order valence-electron chi connectivity index (χ4n) is 8.45. The number of aliphatic hydroxyl groups is 1. The lowest BCUT2D eigenvalue weighted by Crippen LogP contribution is -2.58. The first-order chi connectivity index (χ1) is 37.9. The Kier molecular flexibility index (Phi) is 22.2. The van der Waals surface area contributed by atoms with Crippen LogP contribution in [-0.4, -0.2) is 147 Å². The van der Waals surface area contributed by atoms with E-state index in [1.165, 1.54) is 4.90 Å². The average molecular weight is 1110 g/mol. The molecule has 426 valence electrons. The van der Waals surface area contributed by atoms with Crippen LogP contribution in [0.3, 0.4) is 0 Å². The smallest absolute Gasteiger partial charge is 0.407 e. The second-order valence-corrected chi connectivity index (χ2v) is 19.4. The van der Waals surface area contributed by atoms with Gasteiger partial charge in [0.2, 0.25) is 41.4 Å². The summed E-state index contributed by atoms with van der Waals surface area (Å²) in [6.07, 6.45) is 0.00308. The highest BCUT2D eigenvalue weighted by molar-refractivity contribution is 6.14. The first kappa shape index (κ1) is 61.5. The van der Waals surface area contributed by atoms with Crippen LogP contribution in [0.25, 0.3) is 11.1 Å². The van der Waals surface area contributed by atoms with Crippen LogP contribution >= 0.6 is 0 Å². The van der Waals surface area contributed by atoms with Crippen molar-refractivity contribution >= 4 is 65.2 Å². The van der Waals surface area contributed by atoms with Crippen LogP contribution in [-0.2, 0) is 65.8 Å². The Morgan fingerprint density at radius 1 is 0.725 bits per heavy atom. The summed E-state index contributed by atoms with van der Waals surface area (Å²) in [7, 11) is 0. The Labute approximate surface area is 457 Å². The van der Waals surface area contributed by atoms with Crippen molar-refractivity contribution in [3.05, 3.63) is 132 Å². The van der Waals surface area contributed by atoms with Crippen molar-refractivity contribution in [3.8, 4) is 11.1 Å². The van der Waals surface area contributed by atoms with Gasteiger partial charge in [-0.05, 0) is 47.2 Å². The highest BCUT2D eigenvalue weighted by Crippen LogP contribution is 2.41. The molecular weight excluding hydrogens is 1050 g/mol. The molecule has 0 aliphatic carbocycles. The number of carbonyl (C=O) groups excluding carboxylic acids is 10. The molecule has 26 heteroatoms. The van der Waals surface area contributed by atoms with E-state index in [1.807, 2.05) is 12.1 Å². The summed E-state index contributed by atoms with van der Waals surface area (Å²) in [6, 6.07) is 15.4. The van der Waals surface area contributed by atoms with Gasteiger partial charge >= 0.3 is 12.1 Å². The molecule has 5 rings (SSSR count). The number of imide groups is 1. The lowest BCUT2D eigenvalue weighted by Gasteiger charge is -2.41. The number of hydrogen-bond donors (Lipinski definition) is 9. The van der Waals surface area contributed by atoms with E-state index in [2.05, 4.69) is 31.9 Å². The zero-order chi connectivity index (χ0) is 58.7. The molecule has 10 amide bonds. The number of ether oxygens (including phenoxy) is 1. The van der Waals surface area contributed by atoms with E-state index in [1.54, 1.807) is 86.1 Å². The molecule has 0 spiro atoms. The van der Waals surface area contributed by atoms with Gasteiger partial charge in [0.25, 0.3) is 11.8 Å². The maximum Gasteiger partial charge on any atom is 0.407 e. The predicted molar refractivity (Wildman–Crippen MR) is 279 cm³/mol. The van der Waals surface area contributed by atoms with Gasteiger partial charge in [0.05, 0.1) is 18.9 Å². The number of aromatic nitrogens is 1. The van der Waals surface area contributed by atoms with Gasteiger partial charge in [-0.25, -0.2) is 13.6 Å². The summed E-state index contributed by atoms with van der Waals surface area (Å²) in [5, 5.41) is 34.0. The second-order valence-electron chi connectivity index (χ2n) is 19.4. The highest BCUT2D eigenvalue weighted by atomic mass is 19.1. The molecule has 3 aromatic carbocycles. The van der Waals surface area contributed by atoms with E-state index in [4.69, 9.17) is 10.5 Å². The molecule has 0 fully saturated rings. The third-order valence-electron chi connectivity index (χ3n) is 12.1. The van der Waals surface area contributed by atoms with Crippen LogP contribution < -0.4 is 37.6 Å². The number of halogens is 2. The molecule has 0 saturated heterocycles. The first-order valence-corrected chi connectivity index (χ1v) is 25.0. The van der Waals surface area contributed by atoms with Crippen LogP contribution in [0.15, 0.2) is 103 Å². The fourth-order valence-corrected chi connectivity index (χ4v) is 8.45. The number of nitrogens with one attached hydrogen (secondary N) is 6. The number of benzene rings is 3. The molecule has 0 radical (unpaired) electrons. The average Bonchev–Trinajstić information content (AvgIpc) is 3.96. The van der Waals surface area contributed by atoms with Crippen molar-refractivity contribution in [1.82, 2.24) is 46.3 Å². The topological polar surface area (TPSA) is 347 Å². The van der Waals surface area contributed by atoms with Crippen LogP contribution in [0.4, 0.5) is 13.6 Å². The largest absolute Gasteiger partial charge is 0.481 e. The maximum atomic E-state index is 15.4. The lowest BCUT2D eigenvalue weighted by molar-refractivity contribution is -0.141. The molecule has 4 atom stereocenters. The standard InChI is InChI=1S/C54H62F2N10O14/c1-54(2,3)49(41-22-34(36-23-35(55)14-15-37(36)56)28-64(41)27-32-10-6-4-7-11-32)65(47(73)30-67)21-18-38(50(76)59-20-19-58-44(70)29-66-45(71)16-17-46(66)72)62-51(77)39(24-42(57)68)63-52(78)40(25-48(74)75)61-43(69)26-60-53(79)80-31-33-12-8-5-9-13-33/h4-17,22-23,28,38-40,49,67H,18-21,24-27,29-31H2,1-3H3,(H2,57,68)(H,58,70)(H,59,76)(H,60,79)(H,61,69)(H,62,77)(H,63,78)(H,74,75)/t38?,39?,40-,49?/m1/s1. The van der Waals surface area contributed by atoms with Gasteiger partial charge in [0, 0.05) is 61.3 Å². The van der Waals surface area contributed by atoms with E-state index in [-0.39, 0.29) is 37.4 Å². The number of amides is 10. The Morgan fingerprint density at radius 3 is 1.93 bits per heavy atom.